The number of fused-ring (bicyclic) bond motifs is 2. The highest BCUT2D eigenvalue weighted by molar-refractivity contribution is 5.14. The summed E-state index contributed by atoms with van der Waals surface area (Å²) in [6, 6.07) is 0. The zero-order chi connectivity index (χ0) is 9.76. The standard InChI is InChI=1S/C13H20O/c1-2-3-9-6-10-8-12(14)13(4-5-13)11(10)7-9/h2-3,9-12,14H,4-8H2,1H3/b3-2+/t9?,10-,11?,12+/m0/s1. The molecule has 14 heavy (non-hydrogen) atoms. The zero-order valence-electron chi connectivity index (χ0n) is 8.95. The first-order chi connectivity index (χ1) is 6.76. The molecule has 0 aromatic heterocycles. The Kier molecular flexibility index (Phi) is 1.82. The third-order valence-electron chi connectivity index (χ3n) is 4.95. The number of allylic oxidation sites excluding steroid dienone is 2. The largest absolute Gasteiger partial charge is 0.393 e. The van der Waals surface area contributed by atoms with Gasteiger partial charge in [-0.25, -0.2) is 0 Å². The maximum atomic E-state index is 10.0. The first kappa shape index (κ1) is 8.96. The summed E-state index contributed by atoms with van der Waals surface area (Å²) in [5, 5.41) is 10.0. The van der Waals surface area contributed by atoms with E-state index in [0.717, 1.165) is 24.2 Å². The molecule has 0 heterocycles. The van der Waals surface area contributed by atoms with Crippen molar-refractivity contribution in [3.63, 3.8) is 0 Å². The summed E-state index contributed by atoms with van der Waals surface area (Å²) in [6.07, 6.45) is 11.0. The number of rotatable bonds is 1. The van der Waals surface area contributed by atoms with Crippen LogP contribution >= 0.6 is 0 Å². The smallest absolute Gasteiger partial charge is 0.0601 e. The van der Waals surface area contributed by atoms with E-state index < -0.39 is 0 Å². The molecule has 78 valence electrons. The molecule has 4 atom stereocenters. The van der Waals surface area contributed by atoms with Crippen molar-refractivity contribution in [3.05, 3.63) is 12.2 Å². The van der Waals surface area contributed by atoms with Gasteiger partial charge in [0.05, 0.1) is 6.10 Å². The molecule has 0 aromatic carbocycles. The molecule has 0 aromatic rings. The van der Waals surface area contributed by atoms with Crippen molar-refractivity contribution in [2.75, 3.05) is 0 Å². The van der Waals surface area contributed by atoms with Crippen molar-refractivity contribution in [1.29, 1.82) is 0 Å². The predicted octanol–water partition coefficient (Wildman–Crippen LogP) is 2.75. The summed E-state index contributed by atoms with van der Waals surface area (Å²) >= 11 is 0. The van der Waals surface area contributed by atoms with Gasteiger partial charge in [0, 0.05) is 0 Å². The van der Waals surface area contributed by atoms with Gasteiger partial charge in [-0.2, -0.15) is 0 Å². The third kappa shape index (κ3) is 1.05. The predicted molar refractivity (Wildman–Crippen MR) is 56.8 cm³/mol. The van der Waals surface area contributed by atoms with Gasteiger partial charge in [-0.3, -0.25) is 0 Å². The van der Waals surface area contributed by atoms with Crippen LogP contribution in [-0.4, -0.2) is 11.2 Å². The van der Waals surface area contributed by atoms with Crippen LogP contribution in [0.3, 0.4) is 0 Å². The Morgan fingerprint density at radius 2 is 2.00 bits per heavy atom. The topological polar surface area (TPSA) is 20.2 Å². The highest BCUT2D eigenvalue weighted by atomic mass is 16.3. The fourth-order valence-corrected chi connectivity index (χ4v) is 4.18. The van der Waals surface area contributed by atoms with Gasteiger partial charge >= 0.3 is 0 Å². The molecule has 0 saturated heterocycles. The number of aliphatic hydroxyl groups excluding tert-OH is 1. The second kappa shape index (κ2) is 2.85. The number of aliphatic hydroxyl groups is 1. The fraction of sp³-hybridized carbons (Fsp3) is 0.846. The average molecular weight is 192 g/mol. The Morgan fingerprint density at radius 1 is 1.21 bits per heavy atom. The van der Waals surface area contributed by atoms with E-state index in [2.05, 4.69) is 19.1 Å². The zero-order valence-corrected chi connectivity index (χ0v) is 8.95. The minimum absolute atomic E-state index is 0.0454. The summed E-state index contributed by atoms with van der Waals surface area (Å²) in [5.74, 6) is 2.52. The lowest BCUT2D eigenvalue weighted by Crippen LogP contribution is -2.20. The van der Waals surface area contributed by atoms with Gasteiger partial charge in [0.25, 0.3) is 0 Å². The van der Waals surface area contributed by atoms with E-state index in [1.54, 1.807) is 0 Å². The maximum absolute atomic E-state index is 10.0. The van der Waals surface area contributed by atoms with E-state index in [9.17, 15) is 5.11 Å². The summed E-state index contributed by atoms with van der Waals surface area (Å²) < 4.78 is 0. The van der Waals surface area contributed by atoms with Crippen LogP contribution in [-0.2, 0) is 0 Å². The van der Waals surface area contributed by atoms with Crippen LogP contribution in [0.1, 0.15) is 39.0 Å². The minimum atomic E-state index is 0.0454. The Morgan fingerprint density at radius 3 is 2.64 bits per heavy atom. The van der Waals surface area contributed by atoms with Gasteiger partial charge < -0.3 is 5.11 Å². The molecule has 0 aliphatic heterocycles. The van der Waals surface area contributed by atoms with Crippen LogP contribution < -0.4 is 0 Å². The Labute approximate surface area is 86.2 Å². The van der Waals surface area contributed by atoms with E-state index in [-0.39, 0.29) is 6.10 Å². The van der Waals surface area contributed by atoms with Gasteiger partial charge in [0.15, 0.2) is 0 Å². The number of hydrogen-bond donors (Lipinski definition) is 1. The number of hydrogen-bond acceptors (Lipinski definition) is 1. The molecule has 3 rings (SSSR count). The van der Waals surface area contributed by atoms with E-state index in [4.69, 9.17) is 0 Å². The molecule has 3 saturated carbocycles. The normalized spacial score (nSPS) is 49.0. The van der Waals surface area contributed by atoms with Gasteiger partial charge in [-0.15, -0.1) is 0 Å². The van der Waals surface area contributed by atoms with Gasteiger partial charge in [0.2, 0.25) is 0 Å². The van der Waals surface area contributed by atoms with E-state index in [1.165, 1.54) is 25.7 Å². The van der Waals surface area contributed by atoms with Crippen molar-refractivity contribution >= 4 is 0 Å². The second-order valence-electron chi connectivity index (χ2n) is 5.61. The molecule has 2 unspecified atom stereocenters. The molecular formula is C13H20O. The lowest BCUT2D eigenvalue weighted by Gasteiger charge is -2.20. The SMILES string of the molecule is C/C=C/C1CC2[C@@H](C1)C[C@@H](O)C21CC1. The molecule has 3 fully saturated rings. The van der Waals surface area contributed by atoms with Crippen LogP contribution in [0.5, 0.6) is 0 Å². The molecule has 0 radical (unpaired) electrons. The van der Waals surface area contributed by atoms with E-state index >= 15 is 0 Å². The van der Waals surface area contributed by atoms with Crippen LogP contribution in [0.4, 0.5) is 0 Å². The monoisotopic (exact) mass is 192 g/mol. The summed E-state index contributed by atoms with van der Waals surface area (Å²) in [4.78, 5) is 0. The summed E-state index contributed by atoms with van der Waals surface area (Å²) in [7, 11) is 0. The van der Waals surface area contributed by atoms with Crippen molar-refractivity contribution in [1.82, 2.24) is 0 Å². The Hall–Kier alpha value is -0.300. The first-order valence-electron chi connectivity index (χ1n) is 6.07. The molecule has 3 aliphatic rings. The van der Waals surface area contributed by atoms with Crippen LogP contribution in [0.15, 0.2) is 12.2 Å². The van der Waals surface area contributed by atoms with Gasteiger partial charge in [-0.1, -0.05) is 12.2 Å². The molecule has 1 N–H and O–H groups in total. The summed E-state index contributed by atoms with van der Waals surface area (Å²) in [5.41, 5.74) is 0.404. The van der Waals surface area contributed by atoms with Crippen LogP contribution in [0.2, 0.25) is 0 Å². The quantitative estimate of drug-likeness (QED) is 0.633. The van der Waals surface area contributed by atoms with Crippen molar-refractivity contribution < 1.29 is 5.11 Å². The maximum Gasteiger partial charge on any atom is 0.0601 e. The Bertz CT molecular complexity index is 264. The lowest BCUT2D eigenvalue weighted by atomic mass is 9.87. The lowest BCUT2D eigenvalue weighted by molar-refractivity contribution is 0.0976. The third-order valence-corrected chi connectivity index (χ3v) is 4.95. The Balaban J connectivity index is 1.77. The molecule has 0 amide bonds. The molecule has 0 bridgehead atoms. The molecular weight excluding hydrogens is 172 g/mol. The van der Waals surface area contributed by atoms with E-state index in [1.807, 2.05) is 0 Å². The second-order valence-corrected chi connectivity index (χ2v) is 5.61. The molecule has 3 aliphatic carbocycles. The minimum Gasteiger partial charge on any atom is -0.393 e. The van der Waals surface area contributed by atoms with Gasteiger partial charge in [0.1, 0.15) is 0 Å². The van der Waals surface area contributed by atoms with Crippen molar-refractivity contribution in [2.45, 2.75) is 45.1 Å². The first-order valence-corrected chi connectivity index (χ1v) is 6.07. The fourth-order valence-electron chi connectivity index (χ4n) is 4.18. The van der Waals surface area contributed by atoms with Gasteiger partial charge in [-0.05, 0) is 62.2 Å². The van der Waals surface area contributed by atoms with Crippen LogP contribution in [0, 0.1) is 23.2 Å². The summed E-state index contributed by atoms with van der Waals surface area (Å²) in [6.45, 7) is 2.12. The highest BCUT2D eigenvalue weighted by Crippen LogP contribution is 2.68. The van der Waals surface area contributed by atoms with Crippen LogP contribution in [0.25, 0.3) is 0 Å². The highest BCUT2D eigenvalue weighted by Gasteiger charge is 2.63. The average Bonchev–Trinajstić information content (AvgIpc) is 2.81. The van der Waals surface area contributed by atoms with Crippen molar-refractivity contribution in [3.8, 4) is 0 Å². The van der Waals surface area contributed by atoms with E-state index in [0.29, 0.717) is 5.41 Å². The molecule has 1 nitrogen and oxygen atoms in total. The molecule has 1 heteroatoms. The van der Waals surface area contributed by atoms with Crippen molar-refractivity contribution in [2.24, 2.45) is 23.2 Å². The molecule has 1 spiro atoms.